The van der Waals surface area contributed by atoms with Gasteiger partial charge in [-0.15, -0.1) is 0 Å². The summed E-state index contributed by atoms with van der Waals surface area (Å²) in [6.07, 6.45) is 7.06. The van der Waals surface area contributed by atoms with Crippen LogP contribution in [0, 0.1) is 0 Å². The van der Waals surface area contributed by atoms with E-state index in [0.29, 0.717) is 11.7 Å². The Bertz CT molecular complexity index is 913. The molecule has 6 heteroatoms. The molecule has 1 unspecified atom stereocenters. The highest BCUT2D eigenvalue weighted by Gasteiger charge is 2.28. The second-order valence-electron chi connectivity index (χ2n) is 6.68. The number of benzene rings is 1. The lowest BCUT2D eigenvalue weighted by Gasteiger charge is -2.10. The number of nitrogens with zero attached hydrogens (tertiary/aromatic N) is 4. The Labute approximate surface area is 145 Å². The predicted octanol–water partition coefficient (Wildman–Crippen LogP) is 4.15. The predicted molar refractivity (Wildman–Crippen MR) is 94.6 cm³/mol. The van der Waals surface area contributed by atoms with Crippen molar-refractivity contribution in [3.05, 3.63) is 47.0 Å². The molecule has 3 aromatic rings. The van der Waals surface area contributed by atoms with Crippen LogP contribution in [0.15, 0.2) is 30.5 Å². The second-order valence-corrected chi connectivity index (χ2v) is 7.02. The van der Waals surface area contributed by atoms with Gasteiger partial charge in [0.2, 0.25) is 5.28 Å². The van der Waals surface area contributed by atoms with Gasteiger partial charge in [-0.25, -0.2) is 4.98 Å². The summed E-state index contributed by atoms with van der Waals surface area (Å²) in [6, 6.07) is 8.87. The molecule has 0 amide bonds. The molecular formula is C18H18ClN5. The average Bonchev–Trinajstić information content (AvgIpc) is 3.32. The molecule has 1 atom stereocenters. The molecule has 0 bridgehead atoms. The van der Waals surface area contributed by atoms with E-state index < -0.39 is 0 Å². The lowest BCUT2D eigenvalue weighted by atomic mass is 9.96. The third-order valence-electron chi connectivity index (χ3n) is 5.26. The number of para-hydroxylation sites is 1. The number of halogens is 1. The van der Waals surface area contributed by atoms with E-state index in [2.05, 4.69) is 50.4 Å². The third kappa shape index (κ3) is 2.18. The first-order chi connectivity index (χ1) is 11.8. The largest absolute Gasteiger partial charge is 0.384 e. The molecule has 1 aliphatic carbocycles. The number of aromatic nitrogens is 4. The molecule has 24 heavy (non-hydrogen) atoms. The molecule has 2 aromatic heterocycles. The number of fused-ring (bicyclic) bond motifs is 2. The molecule has 1 N–H and O–H groups in total. The van der Waals surface area contributed by atoms with Crippen molar-refractivity contribution in [1.29, 1.82) is 0 Å². The molecule has 0 radical (unpaired) electrons. The summed E-state index contributed by atoms with van der Waals surface area (Å²) < 4.78 is 2.08. The maximum absolute atomic E-state index is 6.21. The fourth-order valence-corrected chi connectivity index (χ4v) is 4.24. The maximum atomic E-state index is 6.21. The van der Waals surface area contributed by atoms with E-state index in [1.807, 2.05) is 0 Å². The van der Waals surface area contributed by atoms with Gasteiger partial charge < -0.3 is 5.32 Å². The van der Waals surface area contributed by atoms with Gasteiger partial charge >= 0.3 is 0 Å². The number of hydrogen-bond donors (Lipinski definition) is 1. The summed E-state index contributed by atoms with van der Waals surface area (Å²) in [5.41, 5.74) is 4.13. The lowest BCUT2D eigenvalue weighted by Crippen LogP contribution is -2.07. The number of anilines is 1. The first kappa shape index (κ1) is 14.2. The van der Waals surface area contributed by atoms with E-state index in [0.717, 1.165) is 17.6 Å². The topological polar surface area (TPSA) is 55.6 Å². The van der Waals surface area contributed by atoms with Crippen LogP contribution in [0.2, 0.25) is 5.28 Å². The van der Waals surface area contributed by atoms with E-state index in [9.17, 15) is 0 Å². The molecule has 1 aliphatic heterocycles. The van der Waals surface area contributed by atoms with Gasteiger partial charge in [0.25, 0.3) is 0 Å². The molecule has 5 nitrogen and oxygen atoms in total. The molecule has 2 aliphatic rings. The minimum absolute atomic E-state index is 0.186. The van der Waals surface area contributed by atoms with Gasteiger partial charge in [0.1, 0.15) is 0 Å². The van der Waals surface area contributed by atoms with Crippen LogP contribution in [0.25, 0.3) is 11.0 Å². The minimum atomic E-state index is 0.186. The summed E-state index contributed by atoms with van der Waals surface area (Å²) in [5, 5.41) is 9.47. The van der Waals surface area contributed by atoms with Crippen molar-refractivity contribution in [2.45, 2.75) is 37.6 Å². The van der Waals surface area contributed by atoms with Crippen LogP contribution in [0.3, 0.4) is 0 Å². The van der Waals surface area contributed by atoms with Crippen molar-refractivity contribution in [2.75, 3.05) is 11.9 Å². The van der Waals surface area contributed by atoms with Gasteiger partial charge in [0.05, 0.1) is 17.1 Å². The Morgan fingerprint density at radius 3 is 2.83 bits per heavy atom. The Morgan fingerprint density at radius 1 is 1.12 bits per heavy atom. The fourth-order valence-electron chi connectivity index (χ4n) is 4.07. The molecule has 122 valence electrons. The highest BCUT2D eigenvalue weighted by Crippen LogP contribution is 2.38. The molecule has 5 rings (SSSR count). The van der Waals surface area contributed by atoms with Crippen molar-refractivity contribution < 1.29 is 0 Å². The molecule has 0 saturated heterocycles. The van der Waals surface area contributed by atoms with E-state index in [1.54, 1.807) is 0 Å². The van der Waals surface area contributed by atoms with E-state index in [1.165, 1.54) is 36.9 Å². The van der Waals surface area contributed by atoms with Crippen LogP contribution in [-0.2, 0) is 0 Å². The van der Waals surface area contributed by atoms with Crippen molar-refractivity contribution >= 4 is 28.3 Å². The maximum Gasteiger partial charge on any atom is 0.224 e. The van der Waals surface area contributed by atoms with Crippen LogP contribution < -0.4 is 5.32 Å². The Morgan fingerprint density at radius 2 is 1.96 bits per heavy atom. The quantitative estimate of drug-likeness (QED) is 0.712. The zero-order valence-electron chi connectivity index (χ0n) is 13.2. The highest BCUT2D eigenvalue weighted by molar-refractivity contribution is 6.28. The van der Waals surface area contributed by atoms with Gasteiger partial charge in [-0.1, -0.05) is 31.0 Å². The smallest absolute Gasteiger partial charge is 0.224 e. The lowest BCUT2D eigenvalue weighted by molar-refractivity contribution is 0.470. The summed E-state index contributed by atoms with van der Waals surface area (Å²) in [4.78, 5) is 8.94. The van der Waals surface area contributed by atoms with Crippen LogP contribution in [-0.4, -0.2) is 26.3 Å². The number of hydrogen-bond acceptors (Lipinski definition) is 4. The van der Waals surface area contributed by atoms with E-state index in [-0.39, 0.29) is 11.2 Å². The molecular weight excluding hydrogens is 322 g/mol. The van der Waals surface area contributed by atoms with Crippen molar-refractivity contribution in [3.8, 4) is 0 Å². The van der Waals surface area contributed by atoms with Crippen molar-refractivity contribution in [1.82, 2.24) is 19.7 Å². The van der Waals surface area contributed by atoms with Crippen LogP contribution in [0.5, 0.6) is 0 Å². The second kappa shape index (κ2) is 5.45. The summed E-state index contributed by atoms with van der Waals surface area (Å²) >= 11 is 6.21. The Hall–Kier alpha value is -2.14. The number of rotatable bonds is 2. The van der Waals surface area contributed by atoms with Crippen molar-refractivity contribution in [3.63, 3.8) is 0 Å². The van der Waals surface area contributed by atoms with Gasteiger partial charge in [0.15, 0.2) is 5.65 Å². The minimum Gasteiger partial charge on any atom is -0.384 e. The first-order valence-electron chi connectivity index (χ1n) is 8.55. The highest BCUT2D eigenvalue weighted by atomic mass is 35.5. The van der Waals surface area contributed by atoms with Gasteiger partial charge in [-0.3, -0.25) is 4.68 Å². The molecule has 1 saturated carbocycles. The van der Waals surface area contributed by atoms with Gasteiger partial charge in [-0.2, -0.15) is 10.1 Å². The summed E-state index contributed by atoms with van der Waals surface area (Å²) in [5.74, 6) is 0.186. The van der Waals surface area contributed by atoms with E-state index in [4.69, 9.17) is 16.7 Å². The molecule has 1 fully saturated rings. The Balaban J connectivity index is 1.65. The van der Waals surface area contributed by atoms with Gasteiger partial charge in [0, 0.05) is 24.3 Å². The zero-order valence-corrected chi connectivity index (χ0v) is 14.0. The Kier molecular flexibility index (Phi) is 3.23. The zero-order chi connectivity index (χ0) is 16.1. The van der Waals surface area contributed by atoms with Gasteiger partial charge in [-0.05, 0) is 36.1 Å². The fraction of sp³-hybridized carbons (Fsp3) is 0.389. The average molecular weight is 340 g/mol. The molecule has 3 heterocycles. The SMILES string of the molecule is Clc1nc(C2CNc3ccccc32)c2cn(C3CCCC3)nc2n1. The van der Waals surface area contributed by atoms with Crippen LogP contribution in [0.4, 0.5) is 5.69 Å². The van der Waals surface area contributed by atoms with Crippen LogP contribution in [0.1, 0.15) is 48.9 Å². The molecule has 1 aromatic carbocycles. The first-order valence-corrected chi connectivity index (χ1v) is 8.92. The summed E-state index contributed by atoms with van der Waals surface area (Å²) in [6.45, 7) is 0.830. The molecule has 0 spiro atoms. The standard InChI is InChI=1S/C18H18ClN5/c19-18-21-16(13-9-20-15-8-4-3-7-12(13)15)14-10-24(23-17(14)22-18)11-5-1-2-6-11/h3-4,7-8,10-11,13,20H,1-2,5-6,9H2. The van der Waals surface area contributed by atoms with E-state index >= 15 is 0 Å². The normalized spacial score (nSPS) is 20.5. The monoisotopic (exact) mass is 339 g/mol. The third-order valence-corrected chi connectivity index (χ3v) is 5.43. The summed E-state index contributed by atoms with van der Waals surface area (Å²) in [7, 11) is 0. The van der Waals surface area contributed by atoms with Crippen LogP contribution >= 0.6 is 11.6 Å². The van der Waals surface area contributed by atoms with Crippen molar-refractivity contribution in [2.24, 2.45) is 0 Å². The number of nitrogens with one attached hydrogen (secondary N) is 1.